The third kappa shape index (κ3) is 4.05. The molecule has 2 heterocycles. The summed E-state index contributed by atoms with van der Waals surface area (Å²) < 4.78 is 39.9. The first-order chi connectivity index (χ1) is 11.1. The van der Waals surface area contributed by atoms with E-state index in [4.69, 9.17) is 0 Å². The molecule has 0 saturated carbocycles. The van der Waals surface area contributed by atoms with Gasteiger partial charge in [-0.3, -0.25) is 9.48 Å². The molecule has 0 radical (unpaired) electrons. The molecule has 1 N–H and O–H groups in total. The number of halogens is 3. The third-order valence-electron chi connectivity index (χ3n) is 3.20. The number of hydrogen-bond acceptors (Lipinski definition) is 3. The second kappa shape index (κ2) is 6.80. The van der Waals surface area contributed by atoms with Crippen molar-refractivity contribution in [3.8, 4) is 0 Å². The van der Waals surface area contributed by atoms with E-state index in [-0.39, 0.29) is 0 Å². The van der Waals surface area contributed by atoms with Crippen molar-refractivity contribution in [2.75, 3.05) is 5.32 Å². The van der Waals surface area contributed by atoms with Gasteiger partial charge in [0, 0.05) is 13.2 Å². The van der Waals surface area contributed by atoms with E-state index in [0.717, 1.165) is 21.3 Å². The number of rotatable bonds is 4. The maximum Gasteiger partial charge on any atom is 0.435 e. The van der Waals surface area contributed by atoms with Crippen LogP contribution in [0.3, 0.4) is 0 Å². The van der Waals surface area contributed by atoms with E-state index in [0.29, 0.717) is 11.6 Å². The number of thiophene rings is 1. The van der Waals surface area contributed by atoms with Gasteiger partial charge in [-0.15, -0.1) is 11.3 Å². The molecular weight excluding hydrogens is 339 g/mol. The number of anilines is 1. The minimum absolute atomic E-state index is 0.325. The second-order valence-corrected chi connectivity index (χ2v) is 6.69. The van der Waals surface area contributed by atoms with Crippen LogP contribution in [0.15, 0.2) is 23.7 Å². The van der Waals surface area contributed by atoms with Crippen molar-refractivity contribution in [3.63, 3.8) is 0 Å². The number of hydrogen-bond donors (Lipinski definition) is 1. The van der Waals surface area contributed by atoms with Crippen LogP contribution in [-0.2, 0) is 13.2 Å². The van der Waals surface area contributed by atoms with Crippen LogP contribution >= 0.6 is 11.3 Å². The molecule has 0 atom stereocenters. The molecule has 0 fully saturated rings. The molecule has 8 heteroatoms. The van der Waals surface area contributed by atoms with Gasteiger partial charge in [-0.05, 0) is 29.9 Å². The Morgan fingerprint density at radius 1 is 1.42 bits per heavy atom. The average Bonchev–Trinajstić information content (AvgIpc) is 3.03. The maximum atomic E-state index is 13.0. The molecule has 0 aromatic carbocycles. The minimum atomic E-state index is -4.68. The summed E-state index contributed by atoms with van der Waals surface area (Å²) in [4.78, 5) is 13.1. The molecule has 0 aliphatic heterocycles. The van der Waals surface area contributed by atoms with E-state index in [1.807, 2.05) is 26.8 Å². The molecule has 0 bridgehead atoms. The van der Waals surface area contributed by atoms with Crippen molar-refractivity contribution in [2.45, 2.75) is 26.9 Å². The maximum absolute atomic E-state index is 13.0. The predicted octanol–water partition coefficient (Wildman–Crippen LogP) is 4.81. The lowest BCUT2D eigenvalue weighted by molar-refractivity contribution is -0.141. The number of aromatic nitrogens is 2. The SMILES string of the molecule is CC(=CC(C)C)c1sccc1NC(=O)c1cn(C)nc1C(F)(F)F. The standard InChI is InChI=1S/C16H18F3N3OS/c1-9(2)7-10(3)13-12(5-6-24-13)20-15(23)11-8-22(4)21-14(11)16(17,18)19/h5-9H,1-4H3,(H,20,23). The van der Waals surface area contributed by atoms with Crippen molar-refractivity contribution in [3.05, 3.63) is 39.9 Å². The van der Waals surface area contributed by atoms with Gasteiger partial charge < -0.3 is 5.32 Å². The highest BCUT2D eigenvalue weighted by molar-refractivity contribution is 7.11. The molecule has 0 saturated heterocycles. The fourth-order valence-electron chi connectivity index (χ4n) is 2.34. The van der Waals surface area contributed by atoms with Crippen molar-refractivity contribution in [1.29, 1.82) is 0 Å². The quantitative estimate of drug-likeness (QED) is 0.853. The average molecular weight is 357 g/mol. The zero-order valence-electron chi connectivity index (χ0n) is 13.7. The van der Waals surface area contributed by atoms with Gasteiger partial charge >= 0.3 is 6.18 Å². The van der Waals surface area contributed by atoms with Crippen molar-refractivity contribution < 1.29 is 18.0 Å². The molecule has 24 heavy (non-hydrogen) atoms. The molecule has 0 unspecified atom stereocenters. The summed E-state index contributed by atoms with van der Waals surface area (Å²) in [5.41, 5.74) is -0.213. The Labute approximate surface area is 142 Å². The van der Waals surface area contributed by atoms with Gasteiger partial charge in [0.1, 0.15) is 0 Å². The van der Waals surface area contributed by atoms with E-state index in [9.17, 15) is 18.0 Å². The smallest absolute Gasteiger partial charge is 0.321 e. The molecule has 2 aromatic heterocycles. The first-order valence-corrected chi connectivity index (χ1v) is 8.16. The number of aryl methyl sites for hydroxylation is 1. The molecule has 130 valence electrons. The number of nitrogens with one attached hydrogen (secondary N) is 1. The van der Waals surface area contributed by atoms with Gasteiger partial charge in [-0.1, -0.05) is 19.9 Å². The van der Waals surface area contributed by atoms with E-state index >= 15 is 0 Å². The third-order valence-corrected chi connectivity index (χ3v) is 4.25. The lowest BCUT2D eigenvalue weighted by Gasteiger charge is -2.09. The number of alkyl halides is 3. The zero-order chi connectivity index (χ0) is 18.1. The van der Waals surface area contributed by atoms with Crippen LogP contribution in [0.25, 0.3) is 5.57 Å². The Kier molecular flexibility index (Phi) is 5.17. The van der Waals surface area contributed by atoms with E-state index in [1.54, 1.807) is 11.4 Å². The van der Waals surface area contributed by atoms with Crippen LogP contribution in [-0.4, -0.2) is 15.7 Å². The van der Waals surface area contributed by atoms with Crippen LogP contribution in [0, 0.1) is 5.92 Å². The first-order valence-electron chi connectivity index (χ1n) is 7.28. The number of carbonyl (C=O) groups excluding carboxylic acids is 1. The summed E-state index contributed by atoms with van der Waals surface area (Å²) in [5, 5.41) is 7.70. The second-order valence-electron chi connectivity index (χ2n) is 5.77. The molecular formula is C16H18F3N3OS. The monoisotopic (exact) mass is 357 g/mol. The summed E-state index contributed by atoms with van der Waals surface area (Å²) >= 11 is 1.43. The van der Waals surface area contributed by atoms with Crippen LogP contribution in [0.2, 0.25) is 0 Å². The summed E-state index contributed by atoms with van der Waals surface area (Å²) in [6.45, 7) is 5.97. The fourth-order valence-corrected chi connectivity index (χ4v) is 3.18. The van der Waals surface area contributed by atoms with Crippen LogP contribution in [0.4, 0.5) is 18.9 Å². The van der Waals surface area contributed by atoms with Crippen molar-refractivity contribution in [1.82, 2.24) is 9.78 Å². The van der Waals surface area contributed by atoms with E-state index < -0.39 is 23.3 Å². The van der Waals surface area contributed by atoms with Crippen LogP contribution in [0.1, 0.15) is 41.7 Å². The Morgan fingerprint density at radius 2 is 2.08 bits per heavy atom. The molecule has 2 rings (SSSR count). The highest BCUT2D eigenvalue weighted by Gasteiger charge is 2.39. The van der Waals surface area contributed by atoms with Crippen LogP contribution in [0.5, 0.6) is 0 Å². The lowest BCUT2D eigenvalue weighted by Crippen LogP contribution is -2.18. The topological polar surface area (TPSA) is 46.9 Å². The Bertz CT molecular complexity index is 772. The summed E-state index contributed by atoms with van der Waals surface area (Å²) in [7, 11) is 1.34. The molecule has 0 spiro atoms. The van der Waals surface area contributed by atoms with E-state index in [2.05, 4.69) is 10.4 Å². The van der Waals surface area contributed by atoms with Crippen LogP contribution < -0.4 is 5.32 Å². The Hall–Kier alpha value is -2.09. The molecule has 1 amide bonds. The molecule has 0 aliphatic carbocycles. The van der Waals surface area contributed by atoms with E-state index in [1.165, 1.54) is 18.4 Å². The Balaban J connectivity index is 2.31. The lowest BCUT2D eigenvalue weighted by atomic mass is 10.1. The fraction of sp³-hybridized carbons (Fsp3) is 0.375. The summed E-state index contributed by atoms with van der Waals surface area (Å²) in [5.74, 6) is -0.502. The zero-order valence-corrected chi connectivity index (χ0v) is 14.5. The van der Waals surface area contributed by atoms with Crippen molar-refractivity contribution >= 4 is 28.5 Å². The summed E-state index contributed by atoms with van der Waals surface area (Å²) in [6, 6.07) is 1.68. The number of nitrogens with zero attached hydrogens (tertiary/aromatic N) is 2. The number of allylic oxidation sites excluding steroid dienone is 2. The van der Waals surface area contributed by atoms with Gasteiger partial charge in [0.05, 0.1) is 16.1 Å². The highest BCUT2D eigenvalue weighted by Crippen LogP contribution is 2.33. The normalized spacial score (nSPS) is 12.8. The van der Waals surface area contributed by atoms with Gasteiger partial charge in [0.15, 0.2) is 5.69 Å². The van der Waals surface area contributed by atoms with Gasteiger partial charge in [-0.2, -0.15) is 18.3 Å². The number of amides is 1. The van der Waals surface area contributed by atoms with Gasteiger partial charge in [-0.25, -0.2) is 0 Å². The molecule has 2 aromatic rings. The first kappa shape index (κ1) is 18.3. The molecule has 4 nitrogen and oxygen atoms in total. The highest BCUT2D eigenvalue weighted by atomic mass is 32.1. The van der Waals surface area contributed by atoms with Gasteiger partial charge in [0.2, 0.25) is 0 Å². The summed E-state index contributed by atoms with van der Waals surface area (Å²) in [6.07, 6.45) is -1.58. The predicted molar refractivity (Wildman–Crippen MR) is 89.0 cm³/mol. The minimum Gasteiger partial charge on any atom is -0.321 e. The Morgan fingerprint density at radius 3 is 2.67 bits per heavy atom. The number of carbonyl (C=O) groups is 1. The van der Waals surface area contributed by atoms with Crippen molar-refractivity contribution in [2.24, 2.45) is 13.0 Å². The largest absolute Gasteiger partial charge is 0.435 e. The molecule has 0 aliphatic rings. The van der Waals surface area contributed by atoms with Gasteiger partial charge in [0.25, 0.3) is 5.91 Å².